The Bertz CT molecular complexity index is 2510. The first-order valence-electron chi connectivity index (χ1n) is 19.9. The van der Waals surface area contributed by atoms with Crippen molar-refractivity contribution in [2.45, 2.75) is 39.2 Å². The molecule has 9 rings (SSSR count). The second-order valence-electron chi connectivity index (χ2n) is 15.4. The standard InChI is InChI=1S/C41H46FN13O3S/c1-25-37(28-20-35(38(43)44-23-28)58-26(2)32-21-29(42)4-7-33(32)55-45-11-12-46-55)59-41(47-25)53-18-16-51(17-19-53)24-27-8-13-52(14-9-27)30-5-6-31-34(22-30)50(3)49-39(31)54-15-10-36(56)48-40(54)57/h4-7,11-12,20-23,26-27H,8-10,13-19,24H2,1-3H3,(H2,43,44)(H,48,56,57)/t26-/m0/s1. The predicted molar refractivity (Wildman–Crippen MR) is 225 cm³/mol. The Morgan fingerprint density at radius 2 is 1.76 bits per heavy atom. The van der Waals surface area contributed by atoms with Gasteiger partial charge in [0.05, 0.1) is 34.2 Å². The van der Waals surface area contributed by atoms with E-state index in [2.05, 4.69) is 52.4 Å². The maximum Gasteiger partial charge on any atom is 0.329 e. The topological polar surface area (TPSA) is 169 Å². The number of halogens is 1. The Hall–Kier alpha value is -6.14. The molecular formula is C41H46FN13O3S. The highest BCUT2D eigenvalue weighted by molar-refractivity contribution is 7.19. The van der Waals surface area contributed by atoms with Crippen molar-refractivity contribution in [1.29, 1.82) is 0 Å². The van der Waals surface area contributed by atoms with Gasteiger partial charge in [0.1, 0.15) is 11.9 Å². The molecule has 3 saturated heterocycles. The van der Waals surface area contributed by atoms with E-state index in [-0.39, 0.29) is 24.0 Å². The van der Waals surface area contributed by atoms with E-state index in [1.54, 1.807) is 40.9 Å². The van der Waals surface area contributed by atoms with Crippen LogP contribution in [0.5, 0.6) is 5.75 Å². The van der Waals surface area contributed by atoms with Gasteiger partial charge in [-0.05, 0) is 75.1 Å². The van der Waals surface area contributed by atoms with Crippen molar-refractivity contribution in [2.24, 2.45) is 13.0 Å². The first kappa shape index (κ1) is 38.4. The average Bonchev–Trinajstić information content (AvgIpc) is 3.99. The summed E-state index contributed by atoms with van der Waals surface area (Å²) in [4.78, 5) is 45.0. The first-order valence-corrected chi connectivity index (χ1v) is 20.8. The molecule has 306 valence electrons. The van der Waals surface area contributed by atoms with E-state index in [0.717, 1.165) is 96.5 Å². The van der Waals surface area contributed by atoms with E-state index in [1.165, 1.54) is 16.9 Å². The number of carbonyl (C=O) groups excluding carboxylic acids is 2. The third-order valence-electron chi connectivity index (χ3n) is 11.6. The lowest BCUT2D eigenvalue weighted by molar-refractivity contribution is -0.120. The zero-order chi connectivity index (χ0) is 40.8. The van der Waals surface area contributed by atoms with Gasteiger partial charge >= 0.3 is 6.03 Å². The number of pyridine rings is 1. The lowest BCUT2D eigenvalue weighted by Gasteiger charge is -2.39. The van der Waals surface area contributed by atoms with Gasteiger partial charge in [-0.15, -0.1) is 0 Å². The van der Waals surface area contributed by atoms with Crippen LogP contribution in [0.2, 0.25) is 0 Å². The summed E-state index contributed by atoms with van der Waals surface area (Å²) < 4.78 is 22.5. The molecule has 6 aromatic rings. The predicted octanol–water partition coefficient (Wildman–Crippen LogP) is 5.33. The number of benzene rings is 2. The summed E-state index contributed by atoms with van der Waals surface area (Å²) in [7, 11) is 1.89. The summed E-state index contributed by atoms with van der Waals surface area (Å²) in [6.45, 7) is 11.0. The van der Waals surface area contributed by atoms with Crippen molar-refractivity contribution >= 4 is 56.6 Å². The molecular weight excluding hydrogens is 774 g/mol. The molecule has 3 amide bonds. The fourth-order valence-corrected chi connectivity index (χ4v) is 9.44. The molecule has 2 aromatic carbocycles. The number of piperazine rings is 1. The van der Waals surface area contributed by atoms with Crippen molar-refractivity contribution in [2.75, 3.05) is 72.8 Å². The summed E-state index contributed by atoms with van der Waals surface area (Å²) >= 11 is 1.64. The van der Waals surface area contributed by atoms with Gasteiger partial charge in [0.2, 0.25) is 5.91 Å². The number of hydrogen-bond donors (Lipinski definition) is 2. The SMILES string of the molecule is Cc1nc(N2CCN(CC3CCN(c4ccc5c(N6CCC(=O)NC6=O)nn(C)c5c4)CC3)CC2)sc1-c1cnc(N)c(O[C@@H](C)c2cc(F)ccc2-n2nccn2)c1. The normalized spacial score (nSPS) is 17.5. The van der Waals surface area contributed by atoms with Crippen LogP contribution in [-0.2, 0) is 11.8 Å². The van der Waals surface area contributed by atoms with Gasteiger partial charge in [0.25, 0.3) is 0 Å². The number of urea groups is 1. The molecule has 0 radical (unpaired) electrons. The van der Waals surface area contributed by atoms with Crippen molar-refractivity contribution in [3.05, 3.63) is 78.1 Å². The number of fused-ring (bicyclic) bond motifs is 1. The number of rotatable bonds is 10. The van der Waals surface area contributed by atoms with Crippen molar-refractivity contribution in [3.63, 3.8) is 0 Å². The molecule has 3 aliphatic heterocycles. The smallest absolute Gasteiger partial charge is 0.329 e. The van der Waals surface area contributed by atoms with Crippen LogP contribution in [0.15, 0.2) is 61.1 Å². The maximum absolute atomic E-state index is 14.4. The highest BCUT2D eigenvalue weighted by Crippen LogP contribution is 2.39. The van der Waals surface area contributed by atoms with Crippen molar-refractivity contribution < 1.29 is 18.7 Å². The monoisotopic (exact) mass is 819 g/mol. The van der Waals surface area contributed by atoms with Crippen LogP contribution in [0.1, 0.15) is 43.5 Å². The number of nitrogens with one attached hydrogen (secondary N) is 1. The molecule has 7 heterocycles. The molecule has 0 bridgehead atoms. The van der Waals surface area contributed by atoms with E-state index in [0.29, 0.717) is 35.3 Å². The maximum atomic E-state index is 14.4. The Labute approximate surface area is 344 Å². The van der Waals surface area contributed by atoms with Crippen molar-refractivity contribution in [1.82, 2.24) is 45.0 Å². The summed E-state index contributed by atoms with van der Waals surface area (Å²) in [6, 6.07) is 12.2. The van der Waals surface area contributed by atoms with Gasteiger partial charge in [-0.25, -0.2) is 19.2 Å². The number of hydrogen-bond acceptors (Lipinski definition) is 13. The van der Waals surface area contributed by atoms with Gasteiger partial charge in [0.15, 0.2) is 22.5 Å². The lowest BCUT2D eigenvalue weighted by Crippen LogP contribution is -2.49. The van der Waals surface area contributed by atoms with Crippen LogP contribution < -0.4 is 30.5 Å². The number of ether oxygens (including phenoxy) is 1. The zero-order valence-corrected chi connectivity index (χ0v) is 34.0. The molecule has 16 nitrogen and oxygen atoms in total. The number of amides is 3. The number of nitrogen functional groups attached to an aromatic ring is 1. The number of imide groups is 1. The Kier molecular flexibility index (Phi) is 10.3. The van der Waals surface area contributed by atoms with Gasteiger partial charge < -0.3 is 20.3 Å². The van der Waals surface area contributed by atoms with Crippen LogP contribution in [0.25, 0.3) is 27.0 Å². The van der Waals surface area contributed by atoms with Crippen LogP contribution in [0.3, 0.4) is 0 Å². The minimum atomic E-state index is -0.572. The van der Waals surface area contributed by atoms with Gasteiger partial charge in [-0.2, -0.15) is 20.1 Å². The highest BCUT2D eigenvalue weighted by Gasteiger charge is 2.30. The number of aryl methyl sites for hydroxylation is 2. The summed E-state index contributed by atoms with van der Waals surface area (Å²) in [5.74, 6) is 1.21. The van der Waals surface area contributed by atoms with Crippen LogP contribution in [0, 0.1) is 18.7 Å². The Morgan fingerprint density at radius 3 is 2.53 bits per heavy atom. The molecule has 18 heteroatoms. The number of nitrogens with zero attached hydrogens (tertiary/aromatic N) is 11. The van der Waals surface area contributed by atoms with Gasteiger partial charge in [-0.1, -0.05) is 11.3 Å². The lowest BCUT2D eigenvalue weighted by atomic mass is 9.95. The highest BCUT2D eigenvalue weighted by atomic mass is 32.1. The fraction of sp³-hybridized carbons (Fsp3) is 0.390. The molecule has 0 unspecified atom stereocenters. The molecule has 0 aliphatic carbocycles. The van der Waals surface area contributed by atoms with Crippen molar-refractivity contribution in [3.8, 4) is 21.9 Å². The van der Waals surface area contributed by atoms with E-state index < -0.39 is 12.1 Å². The molecule has 3 fully saturated rings. The quantitative estimate of drug-likeness (QED) is 0.183. The Morgan fingerprint density at radius 1 is 0.983 bits per heavy atom. The molecule has 4 aromatic heterocycles. The number of carbonyl (C=O) groups is 2. The number of piperidine rings is 1. The van der Waals surface area contributed by atoms with E-state index >= 15 is 0 Å². The van der Waals surface area contributed by atoms with Crippen LogP contribution in [-0.4, -0.2) is 104 Å². The second-order valence-corrected chi connectivity index (χ2v) is 16.4. The molecule has 0 saturated carbocycles. The number of anilines is 4. The van der Waals surface area contributed by atoms with Crippen LogP contribution >= 0.6 is 11.3 Å². The third kappa shape index (κ3) is 7.76. The molecule has 59 heavy (non-hydrogen) atoms. The largest absolute Gasteiger partial charge is 0.482 e. The number of aromatic nitrogens is 7. The van der Waals surface area contributed by atoms with Gasteiger partial charge in [-0.3, -0.25) is 24.6 Å². The molecule has 0 spiro atoms. The summed E-state index contributed by atoms with van der Waals surface area (Å²) in [5, 5.41) is 17.4. The van der Waals surface area contributed by atoms with Crippen LogP contribution in [0.4, 0.5) is 31.6 Å². The van der Waals surface area contributed by atoms with E-state index in [1.807, 2.05) is 37.7 Å². The molecule has 3 aliphatic rings. The summed E-state index contributed by atoms with van der Waals surface area (Å²) in [6.07, 6.45) is 6.81. The van der Waals surface area contributed by atoms with E-state index in [9.17, 15) is 14.0 Å². The zero-order valence-electron chi connectivity index (χ0n) is 33.2. The minimum absolute atomic E-state index is 0.242. The number of nitrogens with two attached hydrogens (primary N) is 1. The summed E-state index contributed by atoms with van der Waals surface area (Å²) in [5.41, 5.74) is 11.4. The van der Waals surface area contributed by atoms with Gasteiger partial charge in [0, 0.05) is 94.2 Å². The Balaban J connectivity index is 0.791. The fourth-order valence-electron chi connectivity index (χ4n) is 8.34. The number of thiazole rings is 1. The minimum Gasteiger partial charge on any atom is -0.482 e. The third-order valence-corrected chi connectivity index (χ3v) is 12.8. The molecule has 3 N–H and O–H groups in total. The average molecular weight is 820 g/mol. The first-order chi connectivity index (χ1) is 28.6. The van der Waals surface area contributed by atoms with E-state index in [4.69, 9.17) is 15.5 Å². The second kappa shape index (κ2) is 15.9. The molecule has 1 atom stereocenters.